The van der Waals surface area contributed by atoms with Crippen molar-refractivity contribution in [2.24, 2.45) is 17.8 Å². The van der Waals surface area contributed by atoms with Crippen molar-refractivity contribution in [3.8, 4) is 0 Å². The first-order valence-electron chi connectivity index (χ1n) is 14.2. The number of likely N-dealkylation sites (tertiary alicyclic amines) is 2. The second kappa shape index (κ2) is 11.7. The van der Waals surface area contributed by atoms with E-state index in [9.17, 15) is 18.7 Å². The van der Waals surface area contributed by atoms with Crippen LogP contribution in [0.15, 0.2) is 42.7 Å². The Kier molecular flexibility index (Phi) is 8.38. The van der Waals surface area contributed by atoms with Gasteiger partial charge in [0.15, 0.2) is 5.82 Å². The maximum atomic E-state index is 14.6. The van der Waals surface area contributed by atoms with E-state index in [-0.39, 0.29) is 18.2 Å². The third kappa shape index (κ3) is 6.75. The fourth-order valence-electron chi connectivity index (χ4n) is 6.47. The zero-order valence-electron chi connectivity index (χ0n) is 22.3. The van der Waals surface area contributed by atoms with Crippen LogP contribution in [0.1, 0.15) is 67.8 Å². The third-order valence-electron chi connectivity index (χ3n) is 8.88. The van der Waals surface area contributed by atoms with Crippen LogP contribution in [0.2, 0.25) is 0 Å². The number of benzene rings is 1. The van der Waals surface area contributed by atoms with Crippen LogP contribution < -0.4 is 0 Å². The number of carbonyl (C=O) groups is 1. The van der Waals surface area contributed by atoms with Crippen LogP contribution in [0, 0.1) is 24.7 Å². The fourth-order valence-corrected chi connectivity index (χ4v) is 6.47. The Morgan fingerprint density at radius 3 is 2.47 bits per heavy atom. The van der Waals surface area contributed by atoms with Gasteiger partial charge >= 0.3 is 11.9 Å². The molecule has 3 atom stereocenters. The maximum absolute atomic E-state index is 14.6. The van der Waals surface area contributed by atoms with Gasteiger partial charge in [-0.25, -0.2) is 9.97 Å². The quantitative estimate of drug-likeness (QED) is 0.426. The molecule has 8 heteroatoms. The molecule has 1 aliphatic carbocycles. The molecular formula is C30H40F2N4O2. The van der Waals surface area contributed by atoms with Crippen LogP contribution >= 0.6 is 0 Å². The highest BCUT2D eigenvalue weighted by atomic mass is 19.3. The van der Waals surface area contributed by atoms with Gasteiger partial charge in [0.05, 0.1) is 0 Å². The number of piperidine rings is 1. The molecule has 2 aliphatic heterocycles. The van der Waals surface area contributed by atoms with Crippen molar-refractivity contribution in [1.82, 2.24) is 19.8 Å². The largest absolute Gasteiger partial charge is 0.480 e. The van der Waals surface area contributed by atoms with Gasteiger partial charge in [-0.15, -0.1) is 0 Å². The Morgan fingerprint density at radius 1 is 1.08 bits per heavy atom. The van der Waals surface area contributed by atoms with Crippen LogP contribution in [0.4, 0.5) is 8.78 Å². The number of hydrogen-bond acceptors (Lipinski definition) is 5. The molecule has 0 bridgehead atoms. The van der Waals surface area contributed by atoms with Gasteiger partial charge in [-0.3, -0.25) is 9.69 Å². The minimum Gasteiger partial charge on any atom is -0.480 e. The van der Waals surface area contributed by atoms with E-state index in [1.54, 1.807) is 6.07 Å². The van der Waals surface area contributed by atoms with E-state index in [1.165, 1.54) is 23.5 Å². The van der Waals surface area contributed by atoms with Gasteiger partial charge in [0.25, 0.3) is 0 Å². The van der Waals surface area contributed by atoms with Crippen LogP contribution in [0.25, 0.3) is 0 Å². The standard InChI is InChI=1S/C30H40F2N4O2/c1-21-4-2-5-24(16-21)26-20-36(27(28(37)38)17-23-6-7-23)19-25(26)18-35-14-9-22(10-15-35)8-11-30(31,32)29-33-12-3-13-34-29/h2-5,12-13,16,22-23,25-27H,6-11,14-15,17-20H2,1H3,(H,37,38). The van der Waals surface area contributed by atoms with Crippen molar-refractivity contribution in [3.63, 3.8) is 0 Å². The number of carboxylic acids is 1. The number of halogens is 2. The van der Waals surface area contributed by atoms with Crippen LogP contribution in [0.5, 0.6) is 0 Å². The summed E-state index contributed by atoms with van der Waals surface area (Å²) in [5, 5.41) is 10.0. The van der Waals surface area contributed by atoms with Gasteiger partial charge < -0.3 is 10.0 Å². The summed E-state index contributed by atoms with van der Waals surface area (Å²) < 4.78 is 29.1. The van der Waals surface area contributed by atoms with Crippen LogP contribution in [-0.4, -0.2) is 69.6 Å². The van der Waals surface area contributed by atoms with E-state index in [4.69, 9.17) is 0 Å². The summed E-state index contributed by atoms with van der Waals surface area (Å²) in [4.78, 5) is 24.4. The van der Waals surface area contributed by atoms with Crippen molar-refractivity contribution >= 4 is 5.97 Å². The lowest BCUT2D eigenvalue weighted by Crippen LogP contribution is -2.42. The monoisotopic (exact) mass is 526 g/mol. The summed E-state index contributed by atoms with van der Waals surface area (Å²) in [7, 11) is 0. The van der Waals surface area contributed by atoms with E-state index >= 15 is 0 Å². The molecule has 0 spiro atoms. The van der Waals surface area contributed by atoms with Crippen molar-refractivity contribution in [3.05, 3.63) is 59.7 Å². The average molecular weight is 527 g/mol. The van der Waals surface area contributed by atoms with Gasteiger partial charge in [0, 0.05) is 44.4 Å². The van der Waals surface area contributed by atoms with Crippen molar-refractivity contribution in [2.45, 2.75) is 69.8 Å². The predicted octanol–water partition coefficient (Wildman–Crippen LogP) is 5.34. The third-order valence-corrected chi connectivity index (χ3v) is 8.88. The molecule has 38 heavy (non-hydrogen) atoms. The zero-order chi connectivity index (χ0) is 26.7. The number of rotatable bonds is 11. The molecule has 5 rings (SSSR count). The highest BCUT2D eigenvalue weighted by Gasteiger charge is 2.42. The molecule has 3 aliphatic rings. The molecule has 3 heterocycles. The Hall–Kier alpha value is -2.45. The van der Waals surface area contributed by atoms with E-state index in [0.29, 0.717) is 24.2 Å². The van der Waals surface area contributed by atoms with Gasteiger partial charge in [-0.1, -0.05) is 42.7 Å². The second-order valence-electron chi connectivity index (χ2n) is 11.8. The molecule has 1 aromatic heterocycles. The number of alkyl halides is 2. The number of aryl methyl sites for hydroxylation is 1. The minimum absolute atomic E-state index is 0.216. The van der Waals surface area contributed by atoms with Crippen LogP contribution in [-0.2, 0) is 10.7 Å². The maximum Gasteiger partial charge on any atom is 0.320 e. The van der Waals surface area contributed by atoms with Gasteiger partial charge in [0.1, 0.15) is 6.04 Å². The topological polar surface area (TPSA) is 69.6 Å². The molecule has 3 fully saturated rings. The highest BCUT2D eigenvalue weighted by molar-refractivity contribution is 5.73. The van der Waals surface area contributed by atoms with Crippen molar-refractivity contribution < 1.29 is 18.7 Å². The Morgan fingerprint density at radius 2 is 1.82 bits per heavy atom. The fraction of sp³-hybridized carbons (Fsp3) is 0.633. The summed E-state index contributed by atoms with van der Waals surface area (Å²) in [5.74, 6) is -2.57. The molecule has 1 N–H and O–H groups in total. The second-order valence-corrected chi connectivity index (χ2v) is 11.8. The molecular weight excluding hydrogens is 486 g/mol. The molecule has 0 radical (unpaired) electrons. The highest BCUT2D eigenvalue weighted by Crippen LogP contribution is 2.40. The Labute approximate surface area is 224 Å². The van der Waals surface area contributed by atoms with E-state index in [1.807, 2.05) is 0 Å². The van der Waals surface area contributed by atoms with Gasteiger partial charge in [-0.05, 0) is 75.1 Å². The first kappa shape index (κ1) is 27.1. The number of aliphatic carboxylic acids is 1. The Balaban J connectivity index is 1.18. The van der Waals surface area contributed by atoms with E-state index < -0.39 is 17.9 Å². The molecule has 2 aromatic rings. The van der Waals surface area contributed by atoms with E-state index in [2.05, 4.69) is 51.0 Å². The smallest absolute Gasteiger partial charge is 0.320 e. The molecule has 3 unspecified atom stereocenters. The molecule has 1 aromatic carbocycles. The lowest BCUT2D eigenvalue weighted by Gasteiger charge is -2.35. The summed E-state index contributed by atoms with van der Waals surface area (Å²) in [5.41, 5.74) is 2.53. The van der Waals surface area contributed by atoms with Crippen LogP contribution in [0.3, 0.4) is 0 Å². The average Bonchev–Trinajstić information content (AvgIpc) is 3.65. The van der Waals surface area contributed by atoms with Gasteiger partial charge in [-0.2, -0.15) is 8.78 Å². The van der Waals surface area contributed by atoms with Crippen molar-refractivity contribution in [1.29, 1.82) is 0 Å². The molecule has 0 amide bonds. The predicted molar refractivity (Wildman–Crippen MR) is 142 cm³/mol. The summed E-state index contributed by atoms with van der Waals surface area (Å²) in [6.45, 7) is 6.41. The molecule has 206 valence electrons. The number of aromatic nitrogens is 2. The lowest BCUT2D eigenvalue weighted by atomic mass is 9.86. The first-order valence-corrected chi connectivity index (χ1v) is 14.2. The zero-order valence-corrected chi connectivity index (χ0v) is 22.3. The van der Waals surface area contributed by atoms with Gasteiger partial charge in [0.2, 0.25) is 0 Å². The van der Waals surface area contributed by atoms with E-state index in [0.717, 1.165) is 64.8 Å². The Bertz CT molecular complexity index is 1070. The molecule has 6 nitrogen and oxygen atoms in total. The number of nitrogens with zero attached hydrogens (tertiary/aromatic N) is 4. The summed E-state index contributed by atoms with van der Waals surface area (Å²) in [6.07, 6.45) is 7.89. The number of carboxylic acid groups (broad SMARTS) is 1. The minimum atomic E-state index is -2.99. The summed E-state index contributed by atoms with van der Waals surface area (Å²) in [6, 6.07) is 9.80. The first-order chi connectivity index (χ1) is 18.3. The number of hydrogen-bond donors (Lipinski definition) is 1. The van der Waals surface area contributed by atoms with Crippen molar-refractivity contribution in [2.75, 3.05) is 32.7 Å². The normalized spacial score (nSPS) is 24.5. The molecule has 1 saturated carbocycles. The lowest BCUT2D eigenvalue weighted by molar-refractivity contribution is -0.143. The molecule has 2 saturated heterocycles. The summed E-state index contributed by atoms with van der Waals surface area (Å²) >= 11 is 0. The SMILES string of the molecule is Cc1cccc(C2CN(C(CC3CC3)C(=O)O)CC2CN2CCC(CCC(F)(F)c3ncccn3)CC2)c1.